The van der Waals surface area contributed by atoms with Crippen LogP contribution in [0, 0.1) is 12.8 Å². The summed E-state index contributed by atoms with van der Waals surface area (Å²) in [4.78, 5) is 27.9. The number of rotatable bonds is 5. The molecule has 1 aromatic rings. The quantitative estimate of drug-likeness (QED) is 0.773. The molecule has 1 heterocycles. The second-order valence-electron chi connectivity index (χ2n) is 4.39. The largest absolute Gasteiger partial charge is 0.481 e. The van der Waals surface area contributed by atoms with Crippen molar-refractivity contribution in [1.82, 2.24) is 10.3 Å². The molecule has 0 aliphatic carbocycles. The number of aliphatic carboxylic acids is 1. The Labute approximate surface area is 116 Å². The lowest BCUT2D eigenvalue weighted by Crippen LogP contribution is -2.42. The molecule has 0 saturated heterocycles. The van der Waals surface area contributed by atoms with Crippen molar-refractivity contribution >= 4 is 28.5 Å². The number of carboxylic acid groups (broad SMARTS) is 1. The molecular weight excluding hydrogens is 266 g/mol. The maximum atomic E-state index is 11.7. The topological polar surface area (TPSA) is 91.3 Å². The zero-order chi connectivity index (χ0) is 14.6. The van der Waals surface area contributed by atoms with Gasteiger partial charge in [-0.2, -0.15) is 0 Å². The number of hydrogen-bond donors (Lipinski definition) is 3. The number of nitrogens with zero attached hydrogens (tertiary/aromatic N) is 1. The molecule has 2 amide bonds. The zero-order valence-electron chi connectivity index (χ0n) is 11.5. The number of carboxylic acids is 1. The molecule has 106 valence electrons. The summed E-state index contributed by atoms with van der Waals surface area (Å²) in [7, 11) is 0. The first-order valence-electron chi connectivity index (χ1n) is 6.11. The SMILES string of the molecule is CCc1nc(NC(=O)NC(C)C(C)C(=O)O)sc1C. The average Bonchev–Trinajstić information content (AvgIpc) is 2.67. The summed E-state index contributed by atoms with van der Waals surface area (Å²) in [5.74, 6) is -1.58. The van der Waals surface area contributed by atoms with Crippen molar-refractivity contribution in [3.8, 4) is 0 Å². The van der Waals surface area contributed by atoms with Gasteiger partial charge in [0.2, 0.25) is 0 Å². The van der Waals surface area contributed by atoms with Gasteiger partial charge in [0.25, 0.3) is 0 Å². The van der Waals surface area contributed by atoms with Gasteiger partial charge in [0.05, 0.1) is 11.6 Å². The third-order valence-corrected chi connectivity index (χ3v) is 3.87. The number of carbonyl (C=O) groups excluding carboxylic acids is 1. The van der Waals surface area contributed by atoms with Crippen molar-refractivity contribution in [2.75, 3.05) is 5.32 Å². The van der Waals surface area contributed by atoms with E-state index in [1.807, 2.05) is 13.8 Å². The first-order valence-corrected chi connectivity index (χ1v) is 6.93. The molecule has 0 aliphatic rings. The van der Waals surface area contributed by atoms with E-state index >= 15 is 0 Å². The fourth-order valence-electron chi connectivity index (χ4n) is 1.49. The first-order chi connectivity index (χ1) is 8.85. The summed E-state index contributed by atoms with van der Waals surface area (Å²) in [6, 6.07) is -0.888. The second kappa shape index (κ2) is 6.51. The van der Waals surface area contributed by atoms with Gasteiger partial charge in [-0.15, -0.1) is 11.3 Å². The van der Waals surface area contributed by atoms with Gasteiger partial charge in [0.15, 0.2) is 5.13 Å². The third-order valence-electron chi connectivity index (χ3n) is 2.95. The summed E-state index contributed by atoms with van der Waals surface area (Å²) in [5, 5.41) is 14.6. The van der Waals surface area contributed by atoms with E-state index in [-0.39, 0.29) is 0 Å². The molecule has 0 saturated carbocycles. The Hall–Kier alpha value is -1.63. The minimum atomic E-state index is -0.939. The van der Waals surface area contributed by atoms with E-state index in [9.17, 15) is 9.59 Å². The number of hydrogen-bond acceptors (Lipinski definition) is 4. The predicted octanol–water partition coefficient (Wildman–Crippen LogP) is 2.24. The van der Waals surface area contributed by atoms with E-state index in [0.29, 0.717) is 5.13 Å². The monoisotopic (exact) mass is 285 g/mol. The lowest BCUT2D eigenvalue weighted by molar-refractivity contribution is -0.141. The van der Waals surface area contributed by atoms with Crippen LogP contribution in [0.15, 0.2) is 0 Å². The molecule has 1 aromatic heterocycles. The summed E-state index contributed by atoms with van der Waals surface area (Å²) in [5.41, 5.74) is 0.965. The number of urea groups is 1. The molecule has 3 N–H and O–H groups in total. The molecule has 0 bridgehead atoms. The fourth-order valence-corrected chi connectivity index (χ4v) is 2.39. The van der Waals surface area contributed by atoms with Crippen LogP contribution < -0.4 is 10.6 Å². The summed E-state index contributed by atoms with van der Waals surface area (Å²) in [6.45, 7) is 7.16. The first kappa shape index (κ1) is 15.4. The Morgan fingerprint density at radius 2 is 2.05 bits per heavy atom. The standard InChI is InChI=1S/C12H19N3O3S/c1-5-9-8(4)19-12(14-9)15-11(18)13-7(3)6(2)10(16)17/h6-7H,5H2,1-4H3,(H,16,17)(H2,13,14,15,18). The summed E-state index contributed by atoms with van der Waals surface area (Å²) < 4.78 is 0. The average molecular weight is 285 g/mol. The molecule has 2 atom stereocenters. The number of amides is 2. The number of aryl methyl sites for hydroxylation is 2. The van der Waals surface area contributed by atoms with E-state index in [2.05, 4.69) is 15.6 Å². The van der Waals surface area contributed by atoms with Gasteiger partial charge in [-0.3, -0.25) is 10.1 Å². The van der Waals surface area contributed by atoms with Crippen LogP contribution in [0.25, 0.3) is 0 Å². The molecule has 0 spiro atoms. The van der Waals surface area contributed by atoms with Crippen LogP contribution in [0.2, 0.25) is 0 Å². The highest BCUT2D eigenvalue weighted by Crippen LogP contribution is 2.22. The van der Waals surface area contributed by atoms with Crippen molar-refractivity contribution in [3.63, 3.8) is 0 Å². The van der Waals surface area contributed by atoms with Gasteiger partial charge in [-0.05, 0) is 27.2 Å². The second-order valence-corrected chi connectivity index (χ2v) is 5.59. The Morgan fingerprint density at radius 3 is 2.53 bits per heavy atom. The maximum absolute atomic E-state index is 11.7. The van der Waals surface area contributed by atoms with E-state index in [1.54, 1.807) is 13.8 Å². The molecular formula is C12H19N3O3S. The molecule has 1 rings (SSSR count). The Balaban J connectivity index is 2.57. The van der Waals surface area contributed by atoms with E-state index in [1.165, 1.54) is 11.3 Å². The van der Waals surface area contributed by atoms with E-state index < -0.39 is 24.0 Å². The van der Waals surface area contributed by atoms with Crippen molar-refractivity contribution in [3.05, 3.63) is 10.6 Å². The van der Waals surface area contributed by atoms with Crippen LogP contribution in [0.1, 0.15) is 31.3 Å². The molecule has 0 aromatic carbocycles. The van der Waals surface area contributed by atoms with Crippen LogP contribution >= 0.6 is 11.3 Å². The number of carbonyl (C=O) groups is 2. The van der Waals surface area contributed by atoms with Crippen LogP contribution in [-0.2, 0) is 11.2 Å². The Morgan fingerprint density at radius 1 is 1.42 bits per heavy atom. The third kappa shape index (κ3) is 4.20. The van der Waals surface area contributed by atoms with Crippen LogP contribution in [0.5, 0.6) is 0 Å². The minimum Gasteiger partial charge on any atom is -0.481 e. The van der Waals surface area contributed by atoms with Crippen LogP contribution in [0.4, 0.5) is 9.93 Å². The summed E-state index contributed by atoms with van der Waals surface area (Å²) >= 11 is 1.41. The zero-order valence-corrected chi connectivity index (χ0v) is 12.3. The number of anilines is 1. The van der Waals surface area contributed by atoms with Gasteiger partial charge in [0.1, 0.15) is 0 Å². The van der Waals surface area contributed by atoms with Gasteiger partial charge < -0.3 is 10.4 Å². The van der Waals surface area contributed by atoms with Gasteiger partial charge in [0, 0.05) is 10.9 Å². The molecule has 19 heavy (non-hydrogen) atoms. The Bertz CT molecular complexity index is 473. The predicted molar refractivity (Wildman–Crippen MR) is 74.6 cm³/mol. The molecule has 0 fully saturated rings. The molecule has 7 heteroatoms. The van der Waals surface area contributed by atoms with Crippen molar-refractivity contribution in [2.24, 2.45) is 5.92 Å². The fraction of sp³-hybridized carbons (Fsp3) is 0.583. The van der Waals surface area contributed by atoms with Crippen molar-refractivity contribution < 1.29 is 14.7 Å². The highest BCUT2D eigenvalue weighted by molar-refractivity contribution is 7.15. The molecule has 2 unspecified atom stereocenters. The molecule has 6 nitrogen and oxygen atoms in total. The van der Waals surface area contributed by atoms with Gasteiger partial charge in [-0.25, -0.2) is 9.78 Å². The highest BCUT2D eigenvalue weighted by Gasteiger charge is 2.21. The minimum absolute atomic E-state index is 0.433. The smallest absolute Gasteiger partial charge is 0.321 e. The number of aromatic nitrogens is 1. The lowest BCUT2D eigenvalue weighted by Gasteiger charge is -2.17. The van der Waals surface area contributed by atoms with Crippen molar-refractivity contribution in [1.29, 1.82) is 0 Å². The van der Waals surface area contributed by atoms with Gasteiger partial charge >= 0.3 is 12.0 Å². The van der Waals surface area contributed by atoms with E-state index in [0.717, 1.165) is 17.0 Å². The van der Waals surface area contributed by atoms with Crippen LogP contribution in [-0.4, -0.2) is 28.1 Å². The van der Waals surface area contributed by atoms with Gasteiger partial charge in [-0.1, -0.05) is 6.92 Å². The lowest BCUT2D eigenvalue weighted by atomic mass is 10.0. The maximum Gasteiger partial charge on any atom is 0.321 e. The Kier molecular flexibility index (Phi) is 5.29. The molecule has 0 aliphatic heterocycles. The molecule has 0 radical (unpaired) electrons. The van der Waals surface area contributed by atoms with E-state index in [4.69, 9.17) is 5.11 Å². The normalized spacial score (nSPS) is 13.7. The van der Waals surface area contributed by atoms with Crippen molar-refractivity contribution in [2.45, 2.75) is 40.2 Å². The highest BCUT2D eigenvalue weighted by atomic mass is 32.1. The summed E-state index contributed by atoms with van der Waals surface area (Å²) in [6.07, 6.45) is 0.818. The number of nitrogens with one attached hydrogen (secondary N) is 2. The van der Waals surface area contributed by atoms with Crippen LogP contribution in [0.3, 0.4) is 0 Å². The number of thiazole rings is 1.